The Morgan fingerprint density at radius 1 is 1.42 bits per heavy atom. The minimum Gasteiger partial charge on any atom is -0.370 e. The molecule has 1 rings (SSSR count). The Kier molecular flexibility index (Phi) is 7.21. The molecule has 0 aromatic heterocycles. The summed E-state index contributed by atoms with van der Waals surface area (Å²) >= 11 is 0. The highest BCUT2D eigenvalue weighted by atomic mass is 15.1. The minimum atomic E-state index is 0.410. The minimum absolute atomic E-state index is 0.410. The highest BCUT2D eigenvalue weighted by Crippen LogP contribution is 2.17. The van der Waals surface area contributed by atoms with Gasteiger partial charge in [-0.15, -0.1) is 0 Å². The topological polar surface area (TPSA) is 53.6 Å². The molecule has 1 saturated heterocycles. The van der Waals surface area contributed by atoms with Gasteiger partial charge in [0.1, 0.15) is 0 Å². The van der Waals surface area contributed by atoms with Crippen LogP contribution in [0.4, 0.5) is 0 Å². The lowest BCUT2D eigenvalue weighted by molar-refractivity contribution is 0.162. The molecule has 0 amide bonds. The SMILES string of the molecule is CCC(C)NC(N)=NCC1CCCN(CC(C)C)C1. The molecule has 0 aliphatic carbocycles. The molecule has 1 aliphatic rings. The molecule has 1 aliphatic heterocycles. The fraction of sp³-hybridized carbons (Fsp3) is 0.933. The lowest BCUT2D eigenvalue weighted by atomic mass is 9.97. The van der Waals surface area contributed by atoms with E-state index >= 15 is 0 Å². The van der Waals surface area contributed by atoms with Crippen molar-refractivity contribution in [3.8, 4) is 0 Å². The molecule has 4 nitrogen and oxygen atoms in total. The number of aliphatic imine (C=N–C) groups is 1. The summed E-state index contributed by atoms with van der Waals surface area (Å²) in [5.74, 6) is 2.03. The van der Waals surface area contributed by atoms with Gasteiger partial charge in [0.05, 0.1) is 0 Å². The number of hydrogen-bond donors (Lipinski definition) is 2. The first kappa shape index (κ1) is 16.3. The average molecular weight is 268 g/mol. The van der Waals surface area contributed by atoms with Gasteiger partial charge in [0.25, 0.3) is 0 Å². The first-order chi connectivity index (χ1) is 9.01. The van der Waals surface area contributed by atoms with Crippen LogP contribution in [0.3, 0.4) is 0 Å². The van der Waals surface area contributed by atoms with Gasteiger partial charge in [-0.25, -0.2) is 0 Å². The highest BCUT2D eigenvalue weighted by molar-refractivity contribution is 5.78. The number of piperidine rings is 1. The van der Waals surface area contributed by atoms with Crippen LogP contribution in [0.5, 0.6) is 0 Å². The molecule has 4 heteroatoms. The summed E-state index contributed by atoms with van der Waals surface area (Å²) in [7, 11) is 0. The predicted molar refractivity (Wildman–Crippen MR) is 83.4 cm³/mol. The second-order valence-electron chi connectivity index (χ2n) is 6.34. The van der Waals surface area contributed by atoms with Crippen molar-refractivity contribution in [2.45, 2.75) is 53.0 Å². The molecule has 1 fully saturated rings. The Labute approximate surface area is 118 Å². The van der Waals surface area contributed by atoms with Crippen molar-refractivity contribution >= 4 is 5.96 Å². The monoisotopic (exact) mass is 268 g/mol. The summed E-state index contributed by atoms with van der Waals surface area (Å²) in [6.07, 6.45) is 3.65. The van der Waals surface area contributed by atoms with E-state index in [-0.39, 0.29) is 0 Å². The normalized spacial score (nSPS) is 23.6. The predicted octanol–water partition coefficient (Wildman–Crippen LogP) is 2.06. The molecule has 3 N–H and O–H groups in total. The molecule has 0 saturated carbocycles. The largest absolute Gasteiger partial charge is 0.370 e. The van der Waals surface area contributed by atoms with Crippen LogP contribution in [0.25, 0.3) is 0 Å². The first-order valence-electron chi connectivity index (χ1n) is 7.80. The molecule has 0 spiro atoms. The van der Waals surface area contributed by atoms with E-state index in [2.05, 4.69) is 42.9 Å². The lowest BCUT2D eigenvalue weighted by Crippen LogP contribution is -2.40. The van der Waals surface area contributed by atoms with Crippen molar-refractivity contribution in [3.63, 3.8) is 0 Å². The van der Waals surface area contributed by atoms with E-state index < -0.39 is 0 Å². The van der Waals surface area contributed by atoms with Gasteiger partial charge >= 0.3 is 0 Å². The maximum Gasteiger partial charge on any atom is 0.188 e. The quantitative estimate of drug-likeness (QED) is 0.573. The molecule has 1 heterocycles. The standard InChI is InChI=1S/C15H32N4/c1-5-13(4)18-15(16)17-9-14-7-6-8-19(11-14)10-12(2)3/h12-14H,5-11H2,1-4H3,(H3,16,17,18). The van der Waals surface area contributed by atoms with E-state index in [1.807, 2.05) is 0 Å². The maximum absolute atomic E-state index is 5.91. The number of nitrogens with two attached hydrogens (primary N) is 1. The van der Waals surface area contributed by atoms with Gasteiger partial charge in [-0.05, 0) is 44.6 Å². The van der Waals surface area contributed by atoms with Gasteiger partial charge in [0, 0.05) is 25.7 Å². The molecule has 0 aromatic carbocycles. The second kappa shape index (κ2) is 8.41. The van der Waals surface area contributed by atoms with Crippen LogP contribution < -0.4 is 11.1 Å². The van der Waals surface area contributed by atoms with Crippen LogP contribution in [0.1, 0.15) is 47.0 Å². The van der Waals surface area contributed by atoms with Crippen molar-refractivity contribution in [2.75, 3.05) is 26.2 Å². The van der Waals surface area contributed by atoms with Crippen molar-refractivity contribution in [2.24, 2.45) is 22.6 Å². The summed E-state index contributed by atoms with van der Waals surface area (Å²) in [6.45, 7) is 13.4. The third kappa shape index (κ3) is 6.81. The number of nitrogens with one attached hydrogen (secondary N) is 1. The zero-order valence-electron chi connectivity index (χ0n) is 13.2. The molecule has 0 aromatic rings. The summed E-state index contributed by atoms with van der Waals surface area (Å²) < 4.78 is 0. The highest BCUT2D eigenvalue weighted by Gasteiger charge is 2.20. The van der Waals surface area contributed by atoms with Crippen molar-refractivity contribution in [1.29, 1.82) is 0 Å². The van der Waals surface area contributed by atoms with Crippen LogP contribution in [-0.4, -0.2) is 43.1 Å². The van der Waals surface area contributed by atoms with Crippen LogP contribution in [0.2, 0.25) is 0 Å². The fourth-order valence-electron chi connectivity index (χ4n) is 2.61. The van der Waals surface area contributed by atoms with Gasteiger partial charge in [0.15, 0.2) is 5.96 Å². The molecule has 19 heavy (non-hydrogen) atoms. The van der Waals surface area contributed by atoms with Gasteiger partial charge in [-0.2, -0.15) is 0 Å². The smallest absolute Gasteiger partial charge is 0.188 e. The van der Waals surface area contributed by atoms with E-state index in [0.717, 1.165) is 18.9 Å². The third-order valence-electron chi connectivity index (χ3n) is 3.75. The van der Waals surface area contributed by atoms with E-state index in [1.54, 1.807) is 0 Å². The van der Waals surface area contributed by atoms with Gasteiger partial charge in [0.2, 0.25) is 0 Å². The van der Waals surface area contributed by atoms with Crippen LogP contribution in [0.15, 0.2) is 4.99 Å². The van der Waals surface area contributed by atoms with Crippen molar-refractivity contribution in [3.05, 3.63) is 0 Å². The number of guanidine groups is 1. The fourth-order valence-corrected chi connectivity index (χ4v) is 2.61. The molecule has 112 valence electrons. The zero-order valence-corrected chi connectivity index (χ0v) is 13.2. The Morgan fingerprint density at radius 3 is 2.79 bits per heavy atom. The average Bonchev–Trinajstić information content (AvgIpc) is 2.36. The van der Waals surface area contributed by atoms with Gasteiger partial charge < -0.3 is 16.0 Å². The summed E-state index contributed by atoms with van der Waals surface area (Å²) in [6, 6.07) is 0.410. The number of rotatable bonds is 6. The van der Waals surface area contributed by atoms with Gasteiger partial charge in [-0.1, -0.05) is 20.8 Å². The Bertz CT molecular complexity index is 275. The van der Waals surface area contributed by atoms with Gasteiger partial charge in [-0.3, -0.25) is 4.99 Å². The zero-order chi connectivity index (χ0) is 14.3. The van der Waals surface area contributed by atoms with Crippen LogP contribution in [0, 0.1) is 11.8 Å². The number of nitrogens with zero attached hydrogens (tertiary/aromatic N) is 2. The Hall–Kier alpha value is -0.770. The van der Waals surface area contributed by atoms with Crippen molar-refractivity contribution < 1.29 is 0 Å². The van der Waals surface area contributed by atoms with E-state index in [0.29, 0.717) is 17.9 Å². The van der Waals surface area contributed by atoms with E-state index in [1.165, 1.54) is 32.5 Å². The molecular weight excluding hydrogens is 236 g/mol. The summed E-state index contributed by atoms with van der Waals surface area (Å²) in [5, 5.41) is 3.23. The molecule has 2 unspecified atom stereocenters. The summed E-state index contributed by atoms with van der Waals surface area (Å²) in [5.41, 5.74) is 5.91. The number of likely N-dealkylation sites (tertiary alicyclic amines) is 1. The molecule has 0 bridgehead atoms. The second-order valence-corrected chi connectivity index (χ2v) is 6.34. The summed E-state index contributed by atoms with van der Waals surface area (Å²) in [4.78, 5) is 7.08. The Balaban J connectivity index is 2.33. The van der Waals surface area contributed by atoms with E-state index in [9.17, 15) is 0 Å². The molecule has 2 atom stereocenters. The van der Waals surface area contributed by atoms with E-state index in [4.69, 9.17) is 5.73 Å². The maximum atomic E-state index is 5.91. The Morgan fingerprint density at radius 2 is 2.16 bits per heavy atom. The molecule has 0 radical (unpaired) electrons. The van der Waals surface area contributed by atoms with Crippen LogP contribution in [-0.2, 0) is 0 Å². The molecular formula is C15H32N4. The number of hydrogen-bond acceptors (Lipinski definition) is 2. The van der Waals surface area contributed by atoms with Crippen LogP contribution >= 0.6 is 0 Å². The first-order valence-corrected chi connectivity index (χ1v) is 7.80. The van der Waals surface area contributed by atoms with Crippen molar-refractivity contribution in [1.82, 2.24) is 10.2 Å². The lowest BCUT2D eigenvalue weighted by Gasteiger charge is -2.33. The third-order valence-corrected chi connectivity index (χ3v) is 3.75.